The van der Waals surface area contributed by atoms with Gasteiger partial charge in [-0.15, -0.1) is 0 Å². The summed E-state index contributed by atoms with van der Waals surface area (Å²) in [4.78, 5) is 7.11. The van der Waals surface area contributed by atoms with E-state index in [2.05, 4.69) is 9.97 Å². The van der Waals surface area contributed by atoms with E-state index in [0.717, 1.165) is 0 Å². The number of fused-ring (bicyclic) bond motifs is 1. The summed E-state index contributed by atoms with van der Waals surface area (Å²) in [6, 6.07) is 5.15. The molecule has 3 N–H and O–H groups in total. The molecule has 8 heteroatoms. The third-order valence-corrected chi connectivity index (χ3v) is 6.11. The number of nitrogens with two attached hydrogens (primary N) is 1. The van der Waals surface area contributed by atoms with Crippen LogP contribution in [-0.4, -0.2) is 39.9 Å². The van der Waals surface area contributed by atoms with E-state index in [1.165, 1.54) is 0 Å². The highest BCUT2D eigenvalue weighted by Gasteiger charge is 2.15. The van der Waals surface area contributed by atoms with Crippen LogP contribution in [0.25, 0.3) is 11.0 Å². The molecule has 2 aromatic rings. The number of rotatable bonds is 6. The highest BCUT2D eigenvalue weighted by atomic mass is 32.2. The third kappa shape index (κ3) is 3.57. The van der Waals surface area contributed by atoms with Gasteiger partial charge in [0.1, 0.15) is 0 Å². The Morgan fingerprint density at radius 1 is 1.35 bits per heavy atom. The minimum Gasteiger partial charge on any atom is -0.399 e. The fraction of sp³-hybridized carbons (Fsp3) is 0.417. The number of imidazole rings is 1. The summed E-state index contributed by atoms with van der Waals surface area (Å²) in [5.74, 6) is 0.0884. The summed E-state index contributed by atoms with van der Waals surface area (Å²) in [6.07, 6.45) is 0.568. The molecule has 1 heterocycles. The van der Waals surface area contributed by atoms with Gasteiger partial charge in [-0.05, 0) is 24.6 Å². The summed E-state index contributed by atoms with van der Waals surface area (Å²) in [7, 11) is -4.59. The molecule has 1 aromatic carbocycles. The van der Waals surface area contributed by atoms with Crippen molar-refractivity contribution >= 4 is 37.4 Å². The van der Waals surface area contributed by atoms with E-state index < -0.39 is 20.6 Å². The van der Waals surface area contributed by atoms with Crippen molar-refractivity contribution in [2.45, 2.75) is 18.5 Å². The molecule has 1 aromatic heterocycles. The summed E-state index contributed by atoms with van der Waals surface area (Å²) in [5.41, 5.74) is 7.61. The Balaban J connectivity index is 2.12. The van der Waals surface area contributed by atoms with Crippen molar-refractivity contribution in [1.29, 1.82) is 0 Å². The predicted molar refractivity (Wildman–Crippen MR) is 80.7 cm³/mol. The lowest BCUT2D eigenvalue weighted by atomic mass is 10.3. The number of aromatic nitrogens is 2. The molecule has 0 amide bonds. The number of H-pyrrole nitrogens is 1. The number of sulfone groups is 1. The molecule has 0 aliphatic heterocycles. The summed E-state index contributed by atoms with van der Waals surface area (Å²) < 4.78 is 35.3. The first-order valence-electron chi connectivity index (χ1n) is 6.25. The molecule has 2 rings (SSSR count). The van der Waals surface area contributed by atoms with Crippen molar-refractivity contribution in [3.63, 3.8) is 0 Å². The molecule has 0 bridgehead atoms. The minimum atomic E-state index is -3.13. The van der Waals surface area contributed by atoms with Gasteiger partial charge in [-0.1, -0.05) is 6.92 Å². The molecular weight excluding hydrogens is 298 g/mol. The minimum absolute atomic E-state index is 0.0532. The SMILES string of the molecule is CCCS(=O)(=O)CCS(=O)c1nc2ccc(N)cc2[nH]1. The maximum atomic E-state index is 12.1. The zero-order chi connectivity index (χ0) is 14.8. The number of hydrogen-bond donors (Lipinski definition) is 2. The van der Waals surface area contributed by atoms with Gasteiger partial charge >= 0.3 is 0 Å². The van der Waals surface area contributed by atoms with Gasteiger partial charge in [-0.3, -0.25) is 4.21 Å². The van der Waals surface area contributed by atoms with E-state index >= 15 is 0 Å². The van der Waals surface area contributed by atoms with Gasteiger partial charge in [-0.25, -0.2) is 13.4 Å². The molecular formula is C12H17N3O3S2. The lowest BCUT2D eigenvalue weighted by Crippen LogP contribution is -2.16. The second kappa shape index (κ2) is 5.92. The van der Waals surface area contributed by atoms with Gasteiger partial charge in [0.25, 0.3) is 0 Å². The molecule has 0 saturated heterocycles. The van der Waals surface area contributed by atoms with Gasteiger partial charge in [0.2, 0.25) is 0 Å². The number of benzene rings is 1. The first-order valence-corrected chi connectivity index (χ1v) is 9.39. The Hall–Kier alpha value is -1.41. The zero-order valence-electron chi connectivity index (χ0n) is 11.1. The molecule has 0 aliphatic rings. The Labute approximate surface area is 120 Å². The number of nitrogens with one attached hydrogen (secondary N) is 1. The van der Waals surface area contributed by atoms with Crippen LogP contribution in [0.2, 0.25) is 0 Å². The maximum Gasteiger partial charge on any atom is 0.197 e. The van der Waals surface area contributed by atoms with Crippen LogP contribution in [0.15, 0.2) is 23.4 Å². The van der Waals surface area contributed by atoms with E-state index in [1.54, 1.807) is 25.1 Å². The van der Waals surface area contributed by atoms with Crippen LogP contribution < -0.4 is 5.73 Å². The third-order valence-electron chi connectivity index (χ3n) is 2.79. The van der Waals surface area contributed by atoms with Crippen molar-refractivity contribution in [2.24, 2.45) is 0 Å². The maximum absolute atomic E-state index is 12.1. The molecule has 110 valence electrons. The smallest absolute Gasteiger partial charge is 0.197 e. The Bertz CT molecular complexity index is 737. The van der Waals surface area contributed by atoms with Crippen molar-refractivity contribution in [1.82, 2.24) is 9.97 Å². The second-order valence-corrected chi connectivity index (χ2v) is 8.31. The van der Waals surface area contributed by atoms with E-state index in [4.69, 9.17) is 5.73 Å². The highest BCUT2D eigenvalue weighted by molar-refractivity contribution is 7.93. The molecule has 1 unspecified atom stereocenters. The van der Waals surface area contributed by atoms with Gasteiger partial charge in [0.05, 0.1) is 27.6 Å². The number of nitrogen functional groups attached to an aromatic ring is 1. The van der Waals surface area contributed by atoms with Crippen molar-refractivity contribution in [3.8, 4) is 0 Å². The molecule has 20 heavy (non-hydrogen) atoms. The fourth-order valence-electron chi connectivity index (χ4n) is 1.82. The summed E-state index contributed by atoms with van der Waals surface area (Å²) >= 11 is 0. The first kappa shape index (κ1) is 15.0. The van der Waals surface area contributed by atoms with Gasteiger partial charge in [0.15, 0.2) is 15.0 Å². The van der Waals surface area contributed by atoms with Crippen LogP contribution in [0.4, 0.5) is 5.69 Å². The Kier molecular flexibility index (Phi) is 4.44. The van der Waals surface area contributed by atoms with Gasteiger partial charge < -0.3 is 10.7 Å². The number of aromatic amines is 1. The second-order valence-electron chi connectivity index (χ2n) is 4.52. The summed E-state index contributed by atoms with van der Waals surface area (Å²) in [6.45, 7) is 1.80. The lowest BCUT2D eigenvalue weighted by Gasteiger charge is -2.01. The first-order chi connectivity index (χ1) is 9.41. The van der Waals surface area contributed by atoms with E-state index in [0.29, 0.717) is 23.1 Å². The van der Waals surface area contributed by atoms with E-state index in [-0.39, 0.29) is 22.4 Å². The quantitative estimate of drug-likeness (QED) is 0.776. The molecule has 1 atom stereocenters. The van der Waals surface area contributed by atoms with Gasteiger partial charge in [0, 0.05) is 17.2 Å². The number of nitrogens with zero attached hydrogens (tertiary/aromatic N) is 1. The van der Waals surface area contributed by atoms with Crippen molar-refractivity contribution < 1.29 is 12.6 Å². The molecule has 6 nitrogen and oxygen atoms in total. The van der Waals surface area contributed by atoms with E-state index in [9.17, 15) is 12.6 Å². The number of anilines is 1. The topological polar surface area (TPSA) is 106 Å². The van der Waals surface area contributed by atoms with Crippen LogP contribution in [0.3, 0.4) is 0 Å². The van der Waals surface area contributed by atoms with E-state index in [1.807, 2.05) is 0 Å². The normalized spacial score (nSPS) is 13.7. The fourth-order valence-corrected chi connectivity index (χ4v) is 4.89. The zero-order valence-corrected chi connectivity index (χ0v) is 12.8. The van der Waals surface area contributed by atoms with Crippen molar-refractivity contribution in [3.05, 3.63) is 18.2 Å². The largest absolute Gasteiger partial charge is 0.399 e. The monoisotopic (exact) mass is 315 g/mol. The molecule has 0 fully saturated rings. The van der Waals surface area contributed by atoms with Crippen LogP contribution in [0.1, 0.15) is 13.3 Å². The lowest BCUT2D eigenvalue weighted by molar-refractivity contribution is 0.595. The molecule has 0 aliphatic carbocycles. The highest BCUT2D eigenvalue weighted by Crippen LogP contribution is 2.16. The molecule has 0 radical (unpaired) electrons. The average Bonchev–Trinajstić information content (AvgIpc) is 2.79. The molecule has 0 spiro atoms. The van der Waals surface area contributed by atoms with Gasteiger partial charge in [-0.2, -0.15) is 0 Å². The Morgan fingerprint density at radius 2 is 2.10 bits per heavy atom. The number of hydrogen-bond acceptors (Lipinski definition) is 5. The molecule has 0 saturated carbocycles. The van der Waals surface area contributed by atoms with Crippen molar-refractivity contribution in [2.75, 3.05) is 23.0 Å². The summed E-state index contributed by atoms with van der Waals surface area (Å²) in [5, 5.41) is 0.289. The van der Waals surface area contributed by atoms with Crippen LogP contribution in [0, 0.1) is 0 Å². The average molecular weight is 315 g/mol. The Morgan fingerprint density at radius 3 is 2.80 bits per heavy atom. The standard InChI is InChI=1S/C12H17N3O3S2/c1-2-6-20(17,18)7-5-19(16)12-14-10-4-3-9(13)8-11(10)15-12/h3-4,8H,2,5-7,13H2,1H3,(H,14,15). The van der Waals surface area contributed by atoms with Crippen LogP contribution in [0.5, 0.6) is 0 Å². The van der Waals surface area contributed by atoms with Crippen LogP contribution >= 0.6 is 0 Å². The van der Waals surface area contributed by atoms with Crippen LogP contribution in [-0.2, 0) is 20.6 Å². The predicted octanol–water partition coefficient (Wildman–Crippen LogP) is 1.08.